The molecule has 0 atom stereocenters. The number of fused-ring (bicyclic) bond motifs is 9. The topological polar surface area (TPSA) is 50.3 Å². The molecule has 0 unspecified atom stereocenters. The molecule has 0 radical (unpaired) electrons. The second-order valence-corrected chi connectivity index (χ2v) is 20.3. The molecule has 14 rings (SSSR count). The van der Waals surface area contributed by atoms with Gasteiger partial charge in [0.1, 0.15) is 11.5 Å². The fourth-order valence-electron chi connectivity index (χ4n) is 11.3. The Morgan fingerprint density at radius 2 is 0.595 bits per heavy atom. The zero-order valence-corrected chi connectivity index (χ0v) is 46.0. The van der Waals surface area contributed by atoms with Gasteiger partial charge in [-0.1, -0.05) is 254 Å². The van der Waals surface area contributed by atoms with E-state index in [2.05, 4.69) is 255 Å². The van der Waals surface area contributed by atoms with Crippen LogP contribution in [0.15, 0.2) is 279 Å². The van der Waals surface area contributed by atoms with E-state index in [1.165, 1.54) is 88.4 Å². The van der Waals surface area contributed by atoms with Crippen LogP contribution in [-0.2, 0) is 5.41 Å². The van der Waals surface area contributed by atoms with Gasteiger partial charge < -0.3 is 19.3 Å². The Kier molecular flexibility index (Phi) is 16.0. The molecule has 0 saturated heterocycles. The van der Waals surface area contributed by atoms with Gasteiger partial charge in [0.05, 0.1) is 27.5 Å². The number of aromatic nitrogens is 2. The van der Waals surface area contributed by atoms with Crippen molar-refractivity contribution in [2.24, 2.45) is 0 Å². The van der Waals surface area contributed by atoms with Crippen molar-refractivity contribution in [1.82, 2.24) is 9.13 Å². The molecule has 0 bridgehead atoms. The van der Waals surface area contributed by atoms with Crippen molar-refractivity contribution in [3.05, 3.63) is 312 Å². The molecule has 2 N–H and O–H groups in total. The van der Waals surface area contributed by atoms with Gasteiger partial charge in [0, 0.05) is 32.9 Å². The number of hydrogen-bond donors (Lipinski definition) is 2. The molecule has 0 spiro atoms. The zero-order valence-electron chi connectivity index (χ0n) is 46.0. The predicted molar refractivity (Wildman–Crippen MR) is 335 cm³/mol. The summed E-state index contributed by atoms with van der Waals surface area (Å²) in [5.74, 6) is 1.82. The van der Waals surface area contributed by atoms with Crippen LogP contribution in [-0.4, -0.2) is 19.3 Å². The van der Waals surface area contributed by atoms with E-state index in [1.54, 1.807) is 24.3 Å². The third-order valence-corrected chi connectivity index (χ3v) is 15.0. The van der Waals surface area contributed by atoms with Gasteiger partial charge in [0.15, 0.2) is 0 Å². The summed E-state index contributed by atoms with van der Waals surface area (Å²) in [5.41, 5.74) is 16.6. The highest BCUT2D eigenvalue weighted by Gasteiger charge is 2.45. The average Bonchev–Trinajstić information content (AvgIpc) is 4.32. The highest BCUT2D eigenvalue weighted by atomic mass is 16.3. The Morgan fingerprint density at radius 3 is 0.911 bits per heavy atom. The van der Waals surface area contributed by atoms with Gasteiger partial charge in [-0.15, -0.1) is 0 Å². The third-order valence-electron chi connectivity index (χ3n) is 15.0. The number of phenolic OH excluding ortho intramolecular Hbond substituents is 2. The van der Waals surface area contributed by atoms with Gasteiger partial charge in [-0.05, 0) is 123 Å². The van der Waals surface area contributed by atoms with Gasteiger partial charge in [-0.2, -0.15) is 0 Å². The van der Waals surface area contributed by atoms with Gasteiger partial charge in [-0.25, -0.2) is 0 Å². The van der Waals surface area contributed by atoms with Crippen molar-refractivity contribution in [2.45, 2.75) is 58.8 Å². The quantitative estimate of drug-likeness (QED) is 0.174. The van der Waals surface area contributed by atoms with Crippen LogP contribution >= 0.6 is 0 Å². The maximum absolute atomic E-state index is 9.85. The molecule has 0 amide bonds. The van der Waals surface area contributed by atoms with E-state index in [0.717, 1.165) is 11.1 Å². The molecule has 13 aromatic rings. The first kappa shape index (κ1) is 53.0. The van der Waals surface area contributed by atoms with Gasteiger partial charge >= 0.3 is 0 Å². The van der Waals surface area contributed by atoms with Crippen LogP contribution < -0.4 is 0 Å². The molecule has 1 aliphatic rings. The molecular weight excluding hydrogens is 961 g/mol. The monoisotopic (exact) mass is 1030 g/mol. The number of aromatic hydroxyl groups is 2. The van der Waals surface area contributed by atoms with Crippen molar-refractivity contribution in [2.75, 3.05) is 0 Å². The van der Waals surface area contributed by atoms with E-state index >= 15 is 0 Å². The van der Waals surface area contributed by atoms with Crippen LogP contribution in [0.2, 0.25) is 0 Å². The second kappa shape index (κ2) is 23.9. The SMILES string of the molecule is CC.CC(C)c1ccccc1.CC(C)c1ccccc1.Oc1ccc(C2(c3ccc(O)cc3)c3ccccc3-c3ccccc32)cc1.c1cc(-n2c3ccccc3c3ccccc32)cc(-n2c3ccccc3c3ccccc32)c1. The predicted octanol–water partition coefficient (Wildman–Crippen LogP) is 20.0. The van der Waals surface area contributed by atoms with Crippen molar-refractivity contribution in [1.29, 1.82) is 0 Å². The molecule has 1 aliphatic carbocycles. The number of benzene rings is 11. The zero-order chi connectivity index (χ0) is 54.9. The molecule has 4 nitrogen and oxygen atoms in total. The van der Waals surface area contributed by atoms with Crippen molar-refractivity contribution in [3.8, 4) is 34.0 Å². The highest BCUT2D eigenvalue weighted by Crippen LogP contribution is 2.56. The molecule has 2 heterocycles. The van der Waals surface area contributed by atoms with E-state index in [1.807, 2.05) is 50.2 Å². The minimum absolute atomic E-state index is 0.249. The van der Waals surface area contributed by atoms with Crippen molar-refractivity contribution in [3.63, 3.8) is 0 Å². The number of hydrogen-bond acceptors (Lipinski definition) is 2. The van der Waals surface area contributed by atoms with Crippen LogP contribution in [0.1, 0.15) is 86.8 Å². The normalized spacial score (nSPS) is 11.8. The molecule has 4 heteroatoms. The molecule has 390 valence electrons. The minimum Gasteiger partial charge on any atom is -0.508 e. The maximum Gasteiger partial charge on any atom is 0.115 e. The molecule has 11 aromatic carbocycles. The summed E-state index contributed by atoms with van der Waals surface area (Å²) in [6, 6.07) is 96.4. The number of nitrogens with zero attached hydrogens (tertiary/aromatic N) is 2. The first-order valence-electron chi connectivity index (χ1n) is 27.7. The summed E-state index contributed by atoms with van der Waals surface area (Å²) < 4.78 is 4.75. The summed E-state index contributed by atoms with van der Waals surface area (Å²) in [4.78, 5) is 0. The number of phenols is 2. The Bertz CT molecular complexity index is 3740. The first-order chi connectivity index (χ1) is 38.7. The van der Waals surface area contributed by atoms with Gasteiger partial charge in [-0.3, -0.25) is 0 Å². The number of rotatable bonds is 6. The fourth-order valence-corrected chi connectivity index (χ4v) is 11.3. The molecular formula is C75H68N2O2. The van der Waals surface area contributed by atoms with E-state index in [0.29, 0.717) is 11.8 Å². The fraction of sp³-hybridized carbons (Fsp3) is 0.120. The summed E-state index contributed by atoms with van der Waals surface area (Å²) in [7, 11) is 0. The van der Waals surface area contributed by atoms with Crippen LogP contribution in [0.4, 0.5) is 0 Å². The summed E-state index contributed by atoms with van der Waals surface area (Å²) in [6.45, 7) is 12.8. The first-order valence-corrected chi connectivity index (χ1v) is 27.7. The van der Waals surface area contributed by atoms with Crippen LogP contribution in [0.5, 0.6) is 11.5 Å². The van der Waals surface area contributed by atoms with Gasteiger partial charge in [0.2, 0.25) is 0 Å². The number of para-hydroxylation sites is 4. The Labute approximate surface area is 465 Å². The molecule has 79 heavy (non-hydrogen) atoms. The smallest absolute Gasteiger partial charge is 0.115 e. The summed E-state index contributed by atoms with van der Waals surface area (Å²) in [5, 5.41) is 24.8. The molecule has 0 saturated carbocycles. The lowest BCUT2D eigenvalue weighted by atomic mass is 9.68. The van der Waals surface area contributed by atoms with E-state index in [4.69, 9.17) is 0 Å². The van der Waals surface area contributed by atoms with E-state index in [-0.39, 0.29) is 11.5 Å². The van der Waals surface area contributed by atoms with Crippen LogP contribution in [0, 0.1) is 0 Å². The molecule has 0 aliphatic heterocycles. The third kappa shape index (κ3) is 10.5. The van der Waals surface area contributed by atoms with Crippen molar-refractivity contribution >= 4 is 43.6 Å². The minimum atomic E-state index is -0.491. The van der Waals surface area contributed by atoms with Crippen molar-refractivity contribution < 1.29 is 10.2 Å². The highest BCUT2D eigenvalue weighted by molar-refractivity contribution is 6.10. The van der Waals surface area contributed by atoms with E-state index < -0.39 is 5.41 Å². The summed E-state index contributed by atoms with van der Waals surface area (Å²) >= 11 is 0. The van der Waals surface area contributed by atoms with E-state index in [9.17, 15) is 10.2 Å². The van der Waals surface area contributed by atoms with Gasteiger partial charge in [0.25, 0.3) is 0 Å². The standard InChI is InChI=1S/C30H20N2.C25H18O2.2C9H12.C2H6/c1-5-16-27-23(12-1)24-13-2-6-17-28(24)31(27)21-10-9-11-22(20-21)32-29-18-7-3-14-25(29)26-15-4-8-19-30(26)32;26-19-13-9-17(10-14-19)25(18-11-15-20(27)16-12-18)23-7-3-1-5-21(23)22-6-2-4-8-24(22)25;2*1-8(2)9-6-4-3-5-7-9;1-2/h1-20H;1-16,26-27H;2*3-8H,1-2H3;1-2H3. The van der Waals surface area contributed by atoms with Crippen LogP contribution in [0.25, 0.3) is 66.1 Å². The Balaban J connectivity index is 0.000000134. The second-order valence-electron chi connectivity index (χ2n) is 20.3. The maximum atomic E-state index is 9.85. The Hall–Kier alpha value is -9.38. The lowest BCUT2D eigenvalue weighted by molar-refractivity contribution is 0.474. The molecule has 0 fully saturated rings. The average molecular weight is 1030 g/mol. The Morgan fingerprint density at radius 1 is 0.304 bits per heavy atom. The molecule has 2 aromatic heterocycles. The summed E-state index contributed by atoms with van der Waals surface area (Å²) in [6.07, 6.45) is 0. The largest absolute Gasteiger partial charge is 0.508 e. The lowest BCUT2D eigenvalue weighted by Gasteiger charge is -2.33. The van der Waals surface area contributed by atoms with Crippen LogP contribution in [0.3, 0.4) is 0 Å². The lowest BCUT2D eigenvalue weighted by Crippen LogP contribution is -2.28.